The van der Waals surface area contributed by atoms with Crippen LogP contribution in [-0.2, 0) is 4.87 Å². The lowest BCUT2D eigenvalue weighted by Gasteiger charge is -2.41. The van der Waals surface area contributed by atoms with Crippen LogP contribution in [0, 0.1) is 5.92 Å². The molecular formula is C23H21NOS. The molecule has 2 unspecified atom stereocenters. The number of fused-ring (bicyclic) bond motifs is 1. The van der Waals surface area contributed by atoms with Crippen molar-refractivity contribution in [3.63, 3.8) is 0 Å². The molecule has 1 aliphatic heterocycles. The van der Waals surface area contributed by atoms with E-state index in [1.807, 2.05) is 48.5 Å². The summed E-state index contributed by atoms with van der Waals surface area (Å²) < 4.78 is 0. The Morgan fingerprint density at radius 2 is 1.46 bits per heavy atom. The van der Waals surface area contributed by atoms with Crippen molar-refractivity contribution in [2.75, 3.05) is 11.9 Å². The highest BCUT2D eigenvalue weighted by atomic mass is 32.2. The van der Waals surface area contributed by atoms with Crippen molar-refractivity contribution in [1.29, 1.82) is 0 Å². The Morgan fingerprint density at radius 3 is 2.12 bits per heavy atom. The van der Waals surface area contributed by atoms with E-state index in [9.17, 15) is 4.79 Å². The molecule has 0 saturated carbocycles. The zero-order valence-electron chi connectivity index (χ0n) is 14.9. The van der Waals surface area contributed by atoms with E-state index in [2.05, 4.69) is 55.3 Å². The number of thioether (sulfide) groups is 1. The quantitative estimate of drug-likeness (QED) is 0.566. The molecule has 0 aliphatic carbocycles. The number of para-hydroxylation sites is 1. The van der Waals surface area contributed by atoms with E-state index < -0.39 is 4.87 Å². The largest absolute Gasteiger partial charge is 0.354 e. The van der Waals surface area contributed by atoms with Crippen LogP contribution in [0.3, 0.4) is 0 Å². The van der Waals surface area contributed by atoms with Crippen LogP contribution in [0.2, 0.25) is 0 Å². The summed E-state index contributed by atoms with van der Waals surface area (Å²) >= 11 is 1.78. The van der Waals surface area contributed by atoms with Gasteiger partial charge in [0.05, 0.1) is 11.6 Å². The summed E-state index contributed by atoms with van der Waals surface area (Å²) in [5, 5.41) is 0. The number of carbonyl (C=O) groups is 1. The van der Waals surface area contributed by atoms with Crippen LogP contribution in [0.25, 0.3) is 0 Å². The maximum absolute atomic E-state index is 13.4. The molecule has 130 valence electrons. The molecule has 0 amide bonds. The molecule has 0 N–H and O–H groups in total. The molecule has 0 spiro atoms. The van der Waals surface area contributed by atoms with Crippen molar-refractivity contribution in [1.82, 2.24) is 0 Å². The fraction of sp³-hybridized carbons (Fsp3) is 0.174. The number of hydrogen-bond donors (Lipinski definition) is 0. The Bertz CT molecular complexity index is 925. The highest BCUT2D eigenvalue weighted by Crippen LogP contribution is 2.58. The van der Waals surface area contributed by atoms with Gasteiger partial charge in [0, 0.05) is 17.5 Å². The van der Waals surface area contributed by atoms with E-state index in [1.165, 1.54) is 10.6 Å². The van der Waals surface area contributed by atoms with E-state index in [-0.39, 0.29) is 11.7 Å². The van der Waals surface area contributed by atoms with E-state index in [1.54, 1.807) is 11.8 Å². The van der Waals surface area contributed by atoms with Gasteiger partial charge in [-0.1, -0.05) is 91.5 Å². The Morgan fingerprint density at radius 1 is 0.885 bits per heavy atom. The van der Waals surface area contributed by atoms with Crippen LogP contribution in [0.5, 0.6) is 0 Å². The van der Waals surface area contributed by atoms with Gasteiger partial charge in [0.25, 0.3) is 0 Å². The Kier molecular flexibility index (Phi) is 4.33. The average Bonchev–Trinajstić information content (AvgIpc) is 3.02. The molecule has 2 nitrogen and oxygen atoms in total. The SMILES string of the molecule is CC(C(=O)c1ccccc1)C1(c2ccccc2)Sc2ccccc2N1C. The summed E-state index contributed by atoms with van der Waals surface area (Å²) in [5.41, 5.74) is 3.09. The predicted molar refractivity (Wildman–Crippen MR) is 109 cm³/mol. The highest BCUT2D eigenvalue weighted by molar-refractivity contribution is 8.01. The molecule has 2 atom stereocenters. The fourth-order valence-corrected chi connectivity index (χ4v) is 5.39. The third-order valence-electron chi connectivity index (χ3n) is 5.22. The monoisotopic (exact) mass is 359 g/mol. The lowest BCUT2D eigenvalue weighted by atomic mass is 9.86. The minimum absolute atomic E-state index is 0.168. The van der Waals surface area contributed by atoms with Gasteiger partial charge in [0.1, 0.15) is 4.87 Å². The third-order valence-corrected chi connectivity index (χ3v) is 6.96. The minimum atomic E-state index is -0.460. The molecule has 4 rings (SSSR count). The van der Waals surface area contributed by atoms with Crippen LogP contribution < -0.4 is 4.90 Å². The van der Waals surface area contributed by atoms with Gasteiger partial charge in [-0.3, -0.25) is 4.79 Å². The number of Topliss-reactive ketones (excluding diaryl/α,β-unsaturated/α-hetero) is 1. The first kappa shape index (κ1) is 16.9. The lowest BCUT2D eigenvalue weighted by molar-refractivity contribution is 0.0901. The minimum Gasteiger partial charge on any atom is -0.354 e. The number of rotatable bonds is 4. The Balaban J connectivity index is 1.85. The van der Waals surface area contributed by atoms with Crippen LogP contribution in [-0.4, -0.2) is 12.8 Å². The summed E-state index contributed by atoms with van der Waals surface area (Å²) in [4.78, 5) is 16.4. The average molecular weight is 359 g/mol. The second-order valence-electron chi connectivity index (χ2n) is 6.64. The van der Waals surface area contributed by atoms with Crippen molar-refractivity contribution in [3.8, 4) is 0 Å². The van der Waals surface area contributed by atoms with Gasteiger partial charge in [-0.25, -0.2) is 0 Å². The molecule has 0 radical (unpaired) electrons. The van der Waals surface area contributed by atoms with Crippen LogP contribution in [0.4, 0.5) is 5.69 Å². The molecule has 26 heavy (non-hydrogen) atoms. The number of benzene rings is 3. The molecule has 3 heteroatoms. The Labute approximate surface area is 158 Å². The topological polar surface area (TPSA) is 20.3 Å². The summed E-state index contributed by atoms with van der Waals surface area (Å²) in [6.45, 7) is 2.05. The zero-order valence-corrected chi connectivity index (χ0v) is 15.7. The van der Waals surface area contributed by atoms with Crippen LogP contribution in [0.1, 0.15) is 22.8 Å². The van der Waals surface area contributed by atoms with E-state index in [0.717, 1.165) is 11.1 Å². The lowest BCUT2D eigenvalue weighted by Crippen LogP contribution is -2.46. The van der Waals surface area contributed by atoms with Crippen LogP contribution in [0.15, 0.2) is 89.8 Å². The summed E-state index contributed by atoms with van der Waals surface area (Å²) in [5.74, 6) is -0.0451. The summed E-state index contributed by atoms with van der Waals surface area (Å²) in [6.07, 6.45) is 0. The van der Waals surface area contributed by atoms with Crippen molar-refractivity contribution in [2.45, 2.75) is 16.7 Å². The molecule has 3 aromatic carbocycles. The van der Waals surface area contributed by atoms with Crippen molar-refractivity contribution in [2.24, 2.45) is 5.92 Å². The van der Waals surface area contributed by atoms with Gasteiger partial charge >= 0.3 is 0 Å². The van der Waals surface area contributed by atoms with Gasteiger partial charge in [-0.15, -0.1) is 0 Å². The Hall–Kier alpha value is -2.52. The molecule has 0 saturated heterocycles. The van der Waals surface area contributed by atoms with Crippen molar-refractivity contribution in [3.05, 3.63) is 96.1 Å². The smallest absolute Gasteiger partial charge is 0.169 e. The maximum Gasteiger partial charge on any atom is 0.169 e. The first-order valence-electron chi connectivity index (χ1n) is 8.81. The second-order valence-corrected chi connectivity index (χ2v) is 7.91. The summed E-state index contributed by atoms with van der Waals surface area (Å²) in [7, 11) is 2.10. The van der Waals surface area contributed by atoms with Gasteiger partial charge in [-0.2, -0.15) is 0 Å². The van der Waals surface area contributed by atoms with Gasteiger partial charge in [-0.05, 0) is 17.7 Å². The molecule has 1 heterocycles. The normalized spacial score (nSPS) is 19.8. The van der Waals surface area contributed by atoms with Crippen molar-refractivity contribution >= 4 is 23.2 Å². The molecule has 0 aromatic heterocycles. The predicted octanol–water partition coefficient (Wildman–Crippen LogP) is 5.60. The number of anilines is 1. The van der Waals surface area contributed by atoms with Gasteiger partial charge in [0.2, 0.25) is 0 Å². The second kappa shape index (κ2) is 6.65. The maximum atomic E-state index is 13.4. The fourth-order valence-electron chi connectivity index (χ4n) is 3.82. The van der Waals surface area contributed by atoms with E-state index in [4.69, 9.17) is 0 Å². The number of nitrogens with zero attached hydrogens (tertiary/aromatic N) is 1. The number of carbonyl (C=O) groups excluding carboxylic acids is 1. The molecule has 3 aromatic rings. The van der Waals surface area contributed by atoms with Gasteiger partial charge < -0.3 is 4.90 Å². The van der Waals surface area contributed by atoms with E-state index in [0.29, 0.717) is 0 Å². The summed E-state index contributed by atoms with van der Waals surface area (Å²) in [6, 6.07) is 28.4. The first-order chi connectivity index (χ1) is 12.6. The van der Waals surface area contributed by atoms with Crippen LogP contribution >= 0.6 is 11.8 Å². The first-order valence-corrected chi connectivity index (χ1v) is 9.63. The van der Waals surface area contributed by atoms with Crippen molar-refractivity contribution < 1.29 is 4.79 Å². The molecule has 1 aliphatic rings. The standard InChI is InChI=1S/C23H21NOS/c1-17(22(25)18-11-5-3-6-12-18)23(19-13-7-4-8-14-19)24(2)20-15-9-10-16-21(20)26-23/h3-17H,1-2H3. The molecule has 0 fully saturated rings. The van der Waals surface area contributed by atoms with Gasteiger partial charge in [0.15, 0.2) is 5.78 Å². The highest BCUT2D eigenvalue weighted by Gasteiger charge is 2.50. The molecular weight excluding hydrogens is 338 g/mol. The number of ketones is 1. The van der Waals surface area contributed by atoms with E-state index >= 15 is 0 Å². The number of hydrogen-bond acceptors (Lipinski definition) is 3. The zero-order chi connectivity index (χ0) is 18.1. The third kappa shape index (κ3) is 2.55. The molecule has 0 bridgehead atoms.